The van der Waals surface area contributed by atoms with Gasteiger partial charge in [-0.2, -0.15) is 0 Å². The van der Waals surface area contributed by atoms with Crippen molar-refractivity contribution >= 4 is 5.97 Å². The molecule has 1 fully saturated rings. The molecule has 1 aliphatic carbocycles. The van der Waals surface area contributed by atoms with Crippen molar-refractivity contribution in [2.75, 3.05) is 13.2 Å². The van der Waals surface area contributed by atoms with E-state index in [0.717, 1.165) is 12.8 Å². The highest BCUT2D eigenvalue weighted by Gasteiger charge is 2.40. The van der Waals surface area contributed by atoms with Crippen LogP contribution in [0.3, 0.4) is 0 Å². The summed E-state index contributed by atoms with van der Waals surface area (Å²) in [7, 11) is 0. The lowest BCUT2D eigenvalue weighted by Crippen LogP contribution is -2.47. The Hall–Kier alpha value is -1.33. The summed E-state index contributed by atoms with van der Waals surface area (Å²) in [5.74, 6) is 0.969. The second-order valence-corrected chi connectivity index (χ2v) is 5.19. The molecule has 1 atom stereocenters. The first-order valence-electron chi connectivity index (χ1n) is 6.71. The number of nitrogens with one attached hydrogen (secondary N) is 1. The fourth-order valence-corrected chi connectivity index (χ4v) is 2.12. The standard InChI is InChI=1S/C14H21NO4/c1-3-18-13(17)12-7-6-11(19-12)8-15-14(2,9-16)10-4-5-10/h6-7,10,15-16H,3-5,8-9H2,1-2H3. The van der Waals surface area contributed by atoms with Crippen molar-refractivity contribution in [3.05, 3.63) is 23.7 Å². The number of ether oxygens (including phenoxy) is 1. The summed E-state index contributed by atoms with van der Waals surface area (Å²) >= 11 is 0. The van der Waals surface area contributed by atoms with Gasteiger partial charge in [0.1, 0.15) is 5.76 Å². The summed E-state index contributed by atoms with van der Waals surface area (Å²) in [6, 6.07) is 3.37. The lowest BCUT2D eigenvalue weighted by molar-refractivity contribution is 0.0487. The average molecular weight is 267 g/mol. The summed E-state index contributed by atoms with van der Waals surface area (Å²) < 4.78 is 10.3. The lowest BCUT2D eigenvalue weighted by Gasteiger charge is -2.28. The van der Waals surface area contributed by atoms with Gasteiger partial charge in [0.15, 0.2) is 0 Å². The molecule has 0 radical (unpaired) electrons. The van der Waals surface area contributed by atoms with Crippen molar-refractivity contribution in [3.8, 4) is 0 Å². The third kappa shape index (κ3) is 3.36. The Morgan fingerprint density at radius 3 is 2.89 bits per heavy atom. The van der Waals surface area contributed by atoms with E-state index < -0.39 is 5.97 Å². The van der Waals surface area contributed by atoms with Gasteiger partial charge in [0.05, 0.1) is 19.8 Å². The van der Waals surface area contributed by atoms with Crippen molar-refractivity contribution in [1.29, 1.82) is 0 Å². The molecule has 0 saturated heterocycles. The molecule has 0 amide bonds. The van der Waals surface area contributed by atoms with Crippen LogP contribution in [0.1, 0.15) is 43.0 Å². The van der Waals surface area contributed by atoms with Crippen LogP contribution in [0.4, 0.5) is 0 Å². The van der Waals surface area contributed by atoms with E-state index >= 15 is 0 Å². The van der Waals surface area contributed by atoms with Gasteiger partial charge in [-0.1, -0.05) is 0 Å². The number of rotatable bonds is 7. The molecule has 1 unspecified atom stereocenters. The number of hydrogen-bond acceptors (Lipinski definition) is 5. The van der Waals surface area contributed by atoms with Crippen LogP contribution >= 0.6 is 0 Å². The zero-order chi connectivity index (χ0) is 13.9. The molecule has 106 valence electrons. The van der Waals surface area contributed by atoms with Crippen molar-refractivity contribution in [1.82, 2.24) is 5.32 Å². The Bertz CT molecular complexity index is 438. The molecule has 5 nitrogen and oxygen atoms in total. The number of hydrogen-bond donors (Lipinski definition) is 2. The van der Waals surface area contributed by atoms with Crippen LogP contribution in [0, 0.1) is 5.92 Å². The van der Waals surface area contributed by atoms with E-state index in [-0.39, 0.29) is 17.9 Å². The van der Waals surface area contributed by atoms with Crippen LogP contribution in [0.15, 0.2) is 16.5 Å². The molecular weight excluding hydrogens is 246 g/mol. The monoisotopic (exact) mass is 267 g/mol. The fourth-order valence-electron chi connectivity index (χ4n) is 2.12. The number of esters is 1. The Morgan fingerprint density at radius 1 is 1.58 bits per heavy atom. The van der Waals surface area contributed by atoms with Gasteiger partial charge in [-0.05, 0) is 44.7 Å². The van der Waals surface area contributed by atoms with E-state index in [1.165, 1.54) is 0 Å². The SMILES string of the molecule is CCOC(=O)c1ccc(CNC(C)(CO)C2CC2)o1. The van der Waals surface area contributed by atoms with Gasteiger partial charge in [-0.3, -0.25) is 0 Å². The normalized spacial score (nSPS) is 18.1. The first-order valence-corrected chi connectivity index (χ1v) is 6.71. The highest BCUT2D eigenvalue weighted by atomic mass is 16.5. The van der Waals surface area contributed by atoms with E-state index in [1.54, 1.807) is 19.1 Å². The Morgan fingerprint density at radius 2 is 2.32 bits per heavy atom. The molecule has 1 aromatic rings. The molecule has 5 heteroatoms. The molecule has 0 aliphatic heterocycles. The Kier molecular flexibility index (Phi) is 4.27. The summed E-state index contributed by atoms with van der Waals surface area (Å²) in [5.41, 5.74) is -0.267. The molecule has 2 rings (SSSR count). The van der Waals surface area contributed by atoms with Gasteiger partial charge in [0.25, 0.3) is 0 Å². The molecule has 19 heavy (non-hydrogen) atoms. The zero-order valence-electron chi connectivity index (χ0n) is 11.4. The molecule has 1 aromatic heterocycles. The largest absolute Gasteiger partial charge is 0.460 e. The second kappa shape index (κ2) is 5.75. The minimum atomic E-state index is -0.444. The lowest BCUT2D eigenvalue weighted by atomic mass is 9.97. The van der Waals surface area contributed by atoms with Gasteiger partial charge in [-0.25, -0.2) is 4.79 Å². The van der Waals surface area contributed by atoms with Crippen LogP contribution in [0.2, 0.25) is 0 Å². The minimum absolute atomic E-state index is 0.100. The van der Waals surface area contributed by atoms with Crippen LogP contribution in [0.5, 0.6) is 0 Å². The number of aliphatic hydroxyl groups is 1. The van der Waals surface area contributed by atoms with E-state index in [4.69, 9.17) is 9.15 Å². The van der Waals surface area contributed by atoms with E-state index in [1.807, 2.05) is 6.92 Å². The third-order valence-corrected chi connectivity index (χ3v) is 3.61. The van der Waals surface area contributed by atoms with Gasteiger partial charge in [-0.15, -0.1) is 0 Å². The zero-order valence-corrected chi connectivity index (χ0v) is 11.4. The van der Waals surface area contributed by atoms with Gasteiger partial charge in [0.2, 0.25) is 5.76 Å². The number of carbonyl (C=O) groups is 1. The van der Waals surface area contributed by atoms with Crippen molar-refractivity contribution < 1.29 is 19.1 Å². The van der Waals surface area contributed by atoms with Crippen molar-refractivity contribution in [3.63, 3.8) is 0 Å². The molecular formula is C14H21NO4. The second-order valence-electron chi connectivity index (χ2n) is 5.19. The van der Waals surface area contributed by atoms with Crippen molar-refractivity contribution in [2.45, 2.75) is 38.8 Å². The first kappa shape index (κ1) is 14.1. The molecule has 1 saturated carbocycles. The predicted molar refractivity (Wildman–Crippen MR) is 69.7 cm³/mol. The van der Waals surface area contributed by atoms with Crippen LogP contribution in [-0.2, 0) is 11.3 Å². The van der Waals surface area contributed by atoms with Crippen molar-refractivity contribution in [2.24, 2.45) is 5.92 Å². The molecule has 2 N–H and O–H groups in total. The maximum absolute atomic E-state index is 11.5. The number of furan rings is 1. The fraction of sp³-hybridized carbons (Fsp3) is 0.643. The molecule has 1 aliphatic rings. The van der Waals surface area contributed by atoms with E-state index in [9.17, 15) is 9.90 Å². The van der Waals surface area contributed by atoms with Crippen LogP contribution in [-0.4, -0.2) is 29.8 Å². The molecule has 1 heterocycles. The van der Waals surface area contributed by atoms with Gasteiger partial charge < -0.3 is 19.6 Å². The topological polar surface area (TPSA) is 71.7 Å². The third-order valence-electron chi connectivity index (χ3n) is 3.61. The predicted octanol–water partition coefficient (Wildman–Crippen LogP) is 1.71. The average Bonchev–Trinajstić information content (AvgIpc) is 3.16. The quantitative estimate of drug-likeness (QED) is 0.736. The number of aliphatic hydroxyl groups excluding tert-OH is 1. The Balaban J connectivity index is 1.91. The van der Waals surface area contributed by atoms with E-state index in [2.05, 4.69) is 5.32 Å². The Labute approximate surface area is 112 Å². The highest BCUT2D eigenvalue weighted by molar-refractivity contribution is 5.86. The smallest absolute Gasteiger partial charge is 0.374 e. The van der Waals surface area contributed by atoms with Crippen LogP contribution < -0.4 is 5.32 Å². The summed E-state index contributed by atoms with van der Waals surface area (Å²) in [6.45, 7) is 4.69. The summed E-state index contributed by atoms with van der Waals surface area (Å²) in [5, 5.41) is 12.8. The summed E-state index contributed by atoms with van der Waals surface area (Å²) in [6.07, 6.45) is 2.30. The van der Waals surface area contributed by atoms with E-state index in [0.29, 0.717) is 24.8 Å². The minimum Gasteiger partial charge on any atom is -0.460 e. The maximum Gasteiger partial charge on any atom is 0.374 e. The molecule has 0 aromatic carbocycles. The van der Waals surface area contributed by atoms with Gasteiger partial charge in [0, 0.05) is 5.54 Å². The first-order chi connectivity index (χ1) is 9.09. The van der Waals surface area contributed by atoms with Gasteiger partial charge >= 0.3 is 5.97 Å². The highest BCUT2D eigenvalue weighted by Crippen LogP contribution is 2.39. The molecule has 0 bridgehead atoms. The number of carbonyl (C=O) groups excluding carboxylic acids is 1. The summed E-state index contributed by atoms with van der Waals surface area (Å²) in [4.78, 5) is 11.5. The molecule has 0 spiro atoms. The van der Waals surface area contributed by atoms with Crippen LogP contribution in [0.25, 0.3) is 0 Å². The maximum atomic E-state index is 11.5.